The van der Waals surface area contributed by atoms with E-state index in [0.29, 0.717) is 0 Å². The van der Waals surface area contributed by atoms with Crippen LogP contribution in [0.25, 0.3) is 123 Å². The van der Waals surface area contributed by atoms with Crippen molar-refractivity contribution in [2.45, 2.75) is 0 Å². The van der Waals surface area contributed by atoms with Crippen LogP contribution in [0, 0.1) is 0 Å². The fraction of sp³-hybridized carbons (Fsp3) is 0. The Morgan fingerprint density at radius 2 is 0.387 bits per heavy atom. The number of hydrogen-bond acceptors (Lipinski definition) is 9. The molecule has 22 rings (SSSR count). The molecule has 0 aliphatic carbocycles. The van der Waals surface area contributed by atoms with Crippen LogP contribution in [0.1, 0.15) is 0 Å². The van der Waals surface area contributed by atoms with Crippen LogP contribution in [0.4, 0.5) is 68.2 Å². The van der Waals surface area contributed by atoms with Gasteiger partial charge in [0.25, 0.3) is 0 Å². The van der Waals surface area contributed by atoms with Crippen molar-refractivity contribution >= 4 is 226 Å². The lowest BCUT2D eigenvalue weighted by atomic mass is 10.0. The van der Waals surface area contributed by atoms with E-state index >= 15 is 0 Å². The average molecular weight is 1510 g/mol. The quantitative estimate of drug-likeness (QED) is 0.108. The van der Waals surface area contributed by atoms with Crippen molar-refractivity contribution in [2.75, 3.05) is 19.6 Å². The van der Waals surface area contributed by atoms with Gasteiger partial charge in [-0.15, -0.1) is 56.7 Å². The third kappa shape index (κ3) is 12.2. The molecule has 0 fully saturated rings. The first-order chi connectivity index (χ1) is 55.0. The predicted molar refractivity (Wildman–Crippen MR) is 487 cm³/mol. The van der Waals surface area contributed by atoms with Gasteiger partial charge in [0.15, 0.2) is 0 Å². The molecule has 0 saturated carbocycles. The first-order valence-corrected chi connectivity index (χ1v) is 41.4. The molecule has 0 bridgehead atoms. The molecule has 4 nitrogen and oxygen atoms in total. The van der Waals surface area contributed by atoms with Gasteiger partial charge in [0, 0.05) is 169 Å². The molecular formula is C102H66N4S5. The third-order valence-electron chi connectivity index (χ3n) is 21.3. The van der Waals surface area contributed by atoms with Crippen molar-refractivity contribution in [3.63, 3.8) is 0 Å². The van der Waals surface area contributed by atoms with Crippen LogP contribution in [-0.4, -0.2) is 0 Å². The van der Waals surface area contributed by atoms with Crippen molar-refractivity contribution in [3.05, 3.63) is 400 Å². The fourth-order valence-electron chi connectivity index (χ4n) is 16.1. The van der Waals surface area contributed by atoms with Crippen LogP contribution < -0.4 is 19.6 Å². The zero-order valence-electron chi connectivity index (χ0n) is 59.9. The van der Waals surface area contributed by atoms with Gasteiger partial charge in [-0.25, -0.2) is 0 Å². The highest BCUT2D eigenvalue weighted by molar-refractivity contribution is 7.27. The molecule has 22 aromatic rings. The monoisotopic (exact) mass is 1510 g/mol. The molecule has 0 atom stereocenters. The van der Waals surface area contributed by atoms with Gasteiger partial charge in [-0.3, -0.25) is 0 Å². The van der Waals surface area contributed by atoms with Gasteiger partial charge in [-0.05, 0) is 210 Å². The molecule has 0 unspecified atom stereocenters. The summed E-state index contributed by atoms with van der Waals surface area (Å²) in [6, 6.07) is 146. The van der Waals surface area contributed by atoms with Crippen molar-refractivity contribution in [1.29, 1.82) is 0 Å². The summed E-state index contributed by atoms with van der Waals surface area (Å²) < 4.78 is 13.0. The van der Waals surface area contributed by atoms with E-state index in [-0.39, 0.29) is 0 Å². The minimum Gasteiger partial charge on any atom is -0.310 e. The maximum absolute atomic E-state index is 2.40. The van der Waals surface area contributed by atoms with Gasteiger partial charge in [0.05, 0.1) is 0 Å². The van der Waals surface area contributed by atoms with Gasteiger partial charge in [0.1, 0.15) is 0 Å². The molecule has 0 amide bonds. The minimum atomic E-state index is 1.11. The van der Waals surface area contributed by atoms with Crippen molar-refractivity contribution in [3.8, 4) is 22.3 Å². The van der Waals surface area contributed by atoms with E-state index in [1.54, 1.807) is 0 Å². The predicted octanol–water partition coefficient (Wildman–Crippen LogP) is 32.4. The minimum absolute atomic E-state index is 1.11. The van der Waals surface area contributed by atoms with E-state index in [0.717, 1.165) is 68.2 Å². The van der Waals surface area contributed by atoms with Crippen LogP contribution in [-0.2, 0) is 0 Å². The molecule has 5 aromatic heterocycles. The molecule has 0 spiro atoms. The lowest BCUT2D eigenvalue weighted by Gasteiger charge is -2.26. The number of fused-ring (bicyclic) bond motifs is 15. The van der Waals surface area contributed by atoms with E-state index in [2.05, 4.69) is 420 Å². The molecule has 9 heteroatoms. The lowest BCUT2D eigenvalue weighted by Crippen LogP contribution is -2.09. The third-order valence-corrected chi connectivity index (χ3v) is 27.1. The highest BCUT2D eigenvalue weighted by Crippen LogP contribution is 2.50. The maximum atomic E-state index is 2.40. The van der Waals surface area contributed by atoms with Crippen molar-refractivity contribution < 1.29 is 0 Å². The Morgan fingerprint density at radius 3 is 0.784 bits per heavy atom. The fourth-order valence-corrected chi connectivity index (χ4v) is 21.7. The SMILES string of the molecule is c1ccc(-c2ccc(N(c3ccc(-c4cccc5c4sc4ccccc45)cc3)c3ccc4sc5cc(N(c6ccccc6)c6ccc7sc8ccccc8c7c6)ccc5c4c3)cc2)cc1.c1ccc(N(c2ccccc2)c2ccc3c(c2)sc2ccc(N(c4ccccc4)c4ccc5sc6ccccc6c5c4)cc23)cc1. The number of para-hydroxylation sites is 4. The summed E-state index contributed by atoms with van der Waals surface area (Å²) in [5, 5.41) is 12.9. The van der Waals surface area contributed by atoms with Crippen LogP contribution >= 0.6 is 56.7 Å². The molecule has 524 valence electrons. The van der Waals surface area contributed by atoms with Crippen LogP contribution in [0.2, 0.25) is 0 Å². The standard InChI is InChI=1S/C60H38N2S3.C42H28N2S2/c1-3-12-39(13-4-1)40-22-26-43(27-23-40)61(44-28-24-41(25-29-44)48-18-11-19-52-49-16-7-10-21-56(49)65-60(48)52)45-31-35-58-54(36-45)51-33-30-47(38-59(51)64-58)62(42-14-5-2-6-15-42)46-32-34-57-53(37-46)50-17-8-9-20-55(50)63-57;1-4-12-29(13-5-1)43(30-14-6-2-7-15-30)34-20-23-36-38-27-33(22-25-41(38)46-42(36)28-34)44(31-16-8-3-9-17-31)32-21-24-40-37(26-32)35-18-10-11-19-39(35)45-40/h1-38H;1-28H. The molecule has 111 heavy (non-hydrogen) atoms. The van der Waals surface area contributed by atoms with E-state index in [1.165, 1.54) is 123 Å². The molecule has 0 N–H and O–H groups in total. The molecule has 17 aromatic carbocycles. The molecule has 0 aliphatic heterocycles. The Hall–Kier alpha value is -13.0. The number of nitrogens with zero attached hydrogens (tertiary/aromatic N) is 4. The van der Waals surface area contributed by atoms with E-state index in [1.807, 2.05) is 56.7 Å². The molecular weight excluding hydrogens is 1440 g/mol. The first kappa shape index (κ1) is 66.3. The average Bonchev–Trinajstić information content (AvgIpc) is 1.63. The Bertz CT molecular complexity index is 7170. The first-order valence-electron chi connectivity index (χ1n) is 37.3. The number of benzene rings is 17. The zero-order valence-corrected chi connectivity index (χ0v) is 64.0. The molecule has 5 heterocycles. The topological polar surface area (TPSA) is 13.0 Å². The maximum Gasteiger partial charge on any atom is 0.0476 e. The van der Waals surface area contributed by atoms with Crippen LogP contribution in [0.5, 0.6) is 0 Å². The second-order valence-corrected chi connectivity index (χ2v) is 33.3. The second kappa shape index (κ2) is 28.2. The summed E-state index contributed by atoms with van der Waals surface area (Å²) in [5.41, 5.74) is 18.5. The highest BCUT2D eigenvalue weighted by Gasteiger charge is 2.23. The molecule has 0 radical (unpaired) electrons. The number of anilines is 12. The van der Waals surface area contributed by atoms with Gasteiger partial charge >= 0.3 is 0 Å². The Morgan fingerprint density at radius 1 is 0.135 bits per heavy atom. The Labute approximate surface area is 662 Å². The van der Waals surface area contributed by atoms with Gasteiger partial charge < -0.3 is 19.6 Å². The summed E-state index contributed by atoms with van der Waals surface area (Å²) in [6.45, 7) is 0. The summed E-state index contributed by atoms with van der Waals surface area (Å²) in [5.74, 6) is 0. The van der Waals surface area contributed by atoms with Gasteiger partial charge in [-0.1, -0.05) is 212 Å². The second-order valence-electron chi connectivity index (χ2n) is 27.9. The normalized spacial score (nSPS) is 11.6. The van der Waals surface area contributed by atoms with Crippen LogP contribution in [0.15, 0.2) is 400 Å². The van der Waals surface area contributed by atoms with Crippen LogP contribution in [0.3, 0.4) is 0 Å². The molecule has 0 saturated heterocycles. The Balaban J connectivity index is 0.000000149. The number of hydrogen-bond donors (Lipinski definition) is 0. The Kier molecular flexibility index (Phi) is 16.9. The zero-order chi connectivity index (χ0) is 73.3. The smallest absolute Gasteiger partial charge is 0.0476 e. The van der Waals surface area contributed by atoms with Crippen molar-refractivity contribution in [1.82, 2.24) is 0 Å². The van der Waals surface area contributed by atoms with Gasteiger partial charge in [0.2, 0.25) is 0 Å². The van der Waals surface area contributed by atoms with Crippen molar-refractivity contribution in [2.24, 2.45) is 0 Å². The summed E-state index contributed by atoms with van der Waals surface area (Å²) in [4.78, 5) is 9.51. The summed E-state index contributed by atoms with van der Waals surface area (Å²) >= 11 is 9.31. The highest BCUT2D eigenvalue weighted by atomic mass is 32.1. The summed E-state index contributed by atoms with van der Waals surface area (Å²) in [7, 11) is 0. The summed E-state index contributed by atoms with van der Waals surface area (Å²) in [6.07, 6.45) is 0. The largest absolute Gasteiger partial charge is 0.310 e. The number of rotatable bonds is 14. The van der Waals surface area contributed by atoms with Gasteiger partial charge in [-0.2, -0.15) is 0 Å². The molecule has 0 aliphatic rings. The van der Waals surface area contributed by atoms with E-state index in [4.69, 9.17) is 0 Å². The number of thiophene rings is 5. The van der Waals surface area contributed by atoms with E-state index in [9.17, 15) is 0 Å². The van der Waals surface area contributed by atoms with E-state index < -0.39 is 0 Å². The lowest BCUT2D eigenvalue weighted by molar-refractivity contribution is 1.29.